The lowest BCUT2D eigenvalue weighted by Crippen LogP contribution is -2.50. The SMILES string of the molecule is CC(C)(C)OC(=O)N1CCN(CCc2nnc(C3CCC4CN3C(=O)N4OS(=O)(=O)O)o2)CC1. The third-order valence-electron chi connectivity index (χ3n) is 5.93. The molecule has 1 N–H and O–H groups in total. The van der Waals surface area contributed by atoms with Crippen molar-refractivity contribution in [1.82, 2.24) is 30.0 Å². The van der Waals surface area contributed by atoms with Crippen molar-refractivity contribution in [1.29, 1.82) is 0 Å². The normalized spacial score (nSPS) is 24.1. The average Bonchev–Trinajstić information content (AvgIpc) is 3.30. The van der Waals surface area contributed by atoms with Gasteiger partial charge in [0.1, 0.15) is 11.6 Å². The number of carbonyl (C=O) groups is 2. The fourth-order valence-electron chi connectivity index (χ4n) is 4.32. The molecule has 2 bridgehead atoms. The molecule has 0 radical (unpaired) electrons. The molecule has 14 nitrogen and oxygen atoms in total. The van der Waals surface area contributed by atoms with E-state index < -0.39 is 34.1 Å². The highest BCUT2D eigenvalue weighted by Gasteiger charge is 2.49. The van der Waals surface area contributed by atoms with Gasteiger partial charge in [-0.2, -0.15) is 13.5 Å². The van der Waals surface area contributed by atoms with Gasteiger partial charge >= 0.3 is 22.5 Å². The van der Waals surface area contributed by atoms with Gasteiger partial charge in [0, 0.05) is 45.7 Å². The first-order chi connectivity index (χ1) is 15.9. The molecule has 3 aliphatic heterocycles. The van der Waals surface area contributed by atoms with Gasteiger partial charge in [0.2, 0.25) is 11.8 Å². The van der Waals surface area contributed by atoms with Gasteiger partial charge in [-0.3, -0.25) is 9.45 Å². The fraction of sp³-hybridized carbons (Fsp3) is 0.789. The van der Waals surface area contributed by atoms with Gasteiger partial charge in [0.25, 0.3) is 0 Å². The van der Waals surface area contributed by atoms with E-state index in [1.54, 1.807) is 4.90 Å². The summed E-state index contributed by atoms with van der Waals surface area (Å²) in [5.41, 5.74) is -0.523. The van der Waals surface area contributed by atoms with E-state index in [-0.39, 0.29) is 18.5 Å². The number of rotatable bonds is 6. The van der Waals surface area contributed by atoms with Crippen LogP contribution in [0.1, 0.15) is 51.4 Å². The van der Waals surface area contributed by atoms with E-state index in [2.05, 4.69) is 19.4 Å². The van der Waals surface area contributed by atoms with E-state index in [1.807, 2.05) is 20.8 Å². The summed E-state index contributed by atoms with van der Waals surface area (Å²) in [6, 6.07) is -1.64. The van der Waals surface area contributed by atoms with Crippen molar-refractivity contribution in [2.24, 2.45) is 0 Å². The van der Waals surface area contributed by atoms with Crippen LogP contribution in [-0.2, 0) is 25.8 Å². The molecule has 2 unspecified atom stereocenters. The summed E-state index contributed by atoms with van der Waals surface area (Å²) in [6.45, 7) is 9.00. The molecular weight excluding hydrogens is 472 g/mol. The third kappa shape index (κ3) is 5.76. The highest BCUT2D eigenvalue weighted by Crippen LogP contribution is 2.38. The minimum absolute atomic E-state index is 0.235. The second-order valence-corrected chi connectivity index (χ2v) is 10.6. The quantitative estimate of drug-likeness (QED) is 0.549. The summed E-state index contributed by atoms with van der Waals surface area (Å²) in [4.78, 5) is 30.1. The Labute approximate surface area is 197 Å². The molecule has 3 amide bonds. The van der Waals surface area contributed by atoms with Crippen molar-refractivity contribution in [3.05, 3.63) is 11.8 Å². The summed E-state index contributed by atoms with van der Waals surface area (Å²) >= 11 is 0. The number of hydrogen-bond donors (Lipinski definition) is 1. The van der Waals surface area contributed by atoms with E-state index in [4.69, 9.17) is 13.7 Å². The smallest absolute Gasteiger partial charge is 0.418 e. The Kier molecular flexibility index (Phi) is 6.72. The van der Waals surface area contributed by atoms with E-state index in [0.717, 1.165) is 0 Å². The highest BCUT2D eigenvalue weighted by molar-refractivity contribution is 7.80. The molecule has 1 aromatic rings. The Morgan fingerprint density at radius 2 is 1.88 bits per heavy atom. The van der Waals surface area contributed by atoms with Gasteiger partial charge in [0.05, 0.1) is 6.04 Å². The number of hydroxylamine groups is 2. The zero-order valence-electron chi connectivity index (χ0n) is 19.4. The molecule has 0 spiro atoms. The van der Waals surface area contributed by atoms with Gasteiger partial charge in [0.15, 0.2) is 0 Å². The van der Waals surface area contributed by atoms with Crippen LogP contribution >= 0.6 is 0 Å². The molecule has 3 fully saturated rings. The zero-order valence-corrected chi connectivity index (χ0v) is 20.2. The first-order valence-corrected chi connectivity index (χ1v) is 12.6. The van der Waals surface area contributed by atoms with Gasteiger partial charge in [-0.15, -0.1) is 14.5 Å². The third-order valence-corrected chi connectivity index (χ3v) is 6.28. The average molecular weight is 503 g/mol. The van der Waals surface area contributed by atoms with Crippen molar-refractivity contribution >= 4 is 22.5 Å². The first kappa shape index (κ1) is 24.6. The van der Waals surface area contributed by atoms with Gasteiger partial charge in [-0.1, -0.05) is 0 Å². The number of urea groups is 1. The molecule has 1 aromatic heterocycles. The Hall–Kier alpha value is -2.49. The van der Waals surface area contributed by atoms with Crippen LogP contribution in [0.2, 0.25) is 0 Å². The number of amides is 3. The van der Waals surface area contributed by atoms with Gasteiger partial charge < -0.3 is 19.0 Å². The number of piperidine rings is 1. The predicted octanol–water partition coefficient (Wildman–Crippen LogP) is 0.840. The van der Waals surface area contributed by atoms with Crippen LogP contribution in [-0.4, -0.2) is 106 Å². The van der Waals surface area contributed by atoms with Crippen molar-refractivity contribution in [3.63, 3.8) is 0 Å². The van der Waals surface area contributed by atoms with Crippen molar-refractivity contribution in [2.75, 3.05) is 39.3 Å². The van der Waals surface area contributed by atoms with Crippen molar-refractivity contribution < 1.29 is 36.0 Å². The molecule has 0 saturated carbocycles. The number of aromatic nitrogens is 2. The fourth-order valence-corrected chi connectivity index (χ4v) is 4.71. The number of hydrogen-bond acceptors (Lipinski definition) is 10. The largest absolute Gasteiger partial charge is 0.444 e. The molecule has 0 aliphatic carbocycles. The maximum atomic E-state index is 12.6. The number of carbonyl (C=O) groups excluding carboxylic acids is 2. The van der Waals surface area contributed by atoms with Crippen molar-refractivity contribution in [2.45, 2.75) is 57.7 Å². The van der Waals surface area contributed by atoms with E-state index in [9.17, 15) is 18.0 Å². The minimum Gasteiger partial charge on any atom is -0.444 e. The summed E-state index contributed by atoms with van der Waals surface area (Å²) in [6.07, 6.45) is 1.17. The molecule has 2 atom stereocenters. The number of fused-ring (bicyclic) bond motifs is 2. The van der Waals surface area contributed by atoms with E-state index in [0.29, 0.717) is 62.9 Å². The number of nitrogens with zero attached hydrogens (tertiary/aromatic N) is 6. The molecular formula is C19H30N6O8S. The van der Waals surface area contributed by atoms with E-state index in [1.165, 1.54) is 4.90 Å². The topological polar surface area (TPSA) is 159 Å². The van der Waals surface area contributed by atoms with Crippen LogP contribution in [0, 0.1) is 0 Å². The van der Waals surface area contributed by atoms with Crippen LogP contribution in [0.15, 0.2) is 4.42 Å². The molecule has 4 heterocycles. The van der Waals surface area contributed by atoms with Crippen LogP contribution in [0.25, 0.3) is 0 Å². The molecule has 34 heavy (non-hydrogen) atoms. The predicted molar refractivity (Wildman–Crippen MR) is 115 cm³/mol. The summed E-state index contributed by atoms with van der Waals surface area (Å²) in [7, 11) is -4.80. The summed E-state index contributed by atoms with van der Waals surface area (Å²) in [5, 5.41) is 8.88. The molecule has 15 heteroatoms. The number of piperazine rings is 1. The molecule has 0 aromatic carbocycles. The molecule has 3 saturated heterocycles. The first-order valence-electron chi connectivity index (χ1n) is 11.2. The number of ether oxygens (including phenoxy) is 1. The maximum Gasteiger partial charge on any atom is 0.418 e. The van der Waals surface area contributed by atoms with Crippen LogP contribution in [0.3, 0.4) is 0 Å². The monoisotopic (exact) mass is 502 g/mol. The zero-order chi connectivity index (χ0) is 24.7. The minimum atomic E-state index is -4.80. The summed E-state index contributed by atoms with van der Waals surface area (Å²) in [5.74, 6) is 0.717. The van der Waals surface area contributed by atoms with Gasteiger partial charge in [-0.05, 0) is 33.6 Å². The van der Waals surface area contributed by atoms with Gasteiger partial charge in [-0.25, -0.2) is 9.59 Å². The second-order valence-electron chi connectivity index (χ2n) is 9.60. The summed E-state index contributed by atoms with van der Waals surface area (Å²) < 4.78 is 46.6. The lowest BCUT2D eigenvalue weighted by atomic mass is 10.0. The molecule has 3 aliphatic rings. The van der Waals surface area contributed by atoms with Crippen LogP contribution < -0.4 is 0 Å². The van der Waals surface area contributed by atoms with Crippen LogP contribution in [0.4, 0.5) is 9.59 Å². The second kappa shape index (κ2) is 9.28. The van der Waals surface area contributed by atoms with Crippen molar-refractivity contribution in [3.8, 4) is 0 Å². The molecule has 4 rings (SSSR count). The highest BCUT2D eigenvalue weighted by atomic mass is 32.3. The Morgan fingerprint density at radius 1 is 1.18 bits per heavy atom. The molecule has 190 valence electrons. The van der Waals surface area contributed by atoms with E-state index >= 15 is 0 Å². The lowest BCUT2D eigenvalue weighted by Gasteiger charge is -2.35. The Balaban J connectivity index is 1.27. The Bertz CT molecular complexity index is 1020. The Morgan fingerprint density at radius 3 is 2.53 bits per heavy atom. The standard InChI is InChI=1S/C19H30N6O8S/c1-19(2,3)32-18(27)23-10-8-22(9-11-23)7-6-15-20-21-16(31-15)14-5-4-13-12-24(14)17(26)25(13)33-34(28,29)30/h13-14H,4-12H2,1-3H3,(H,28,29,30). The lowest BCUT2D eigenvalue weighted by molar-refractivity contribution is -0.0317. The maximum absolute atomic E-state index is 12.6. The van der Waals surface area contributed by atoms with Crippen LogP contribution in [0.5, 0.6) is 0 Å².